The van der Waals surface area contributed by atoms with Crippen molar-refractivity contribution in [3.63, 3.8) is 0 Å². The van der Waals surface area contributed by atoms with Gasteiger partial charge in [-0.2, -0.15) is 0 Å². The zero-order valence-corrected chi connectivity index (χ0v) is 28.2. The van der Waals surface area contributed by atoms with E-state index in [1.165, 1.54) is 116 Å². The average molecular weight is 605 g/mol. The zero-order chi connectivity index (χ0) is 31.4. The molecule has 0 spiro atoms. The van der Waals surface area contributed by atoms with Crippen molar-refractivity contribution in [2.75, 3.05) is 6.61 Å². The normalized spacial score (nSPS) is 17.7. The molecule has 0 aliphatic heterocycles. The van der Waals surface area contributed by atoms with Crippen LogP contribution in [0.1, 0.15) is 187 Å². The number of unbranched alkanes of at least 4 members (excludes halogenated alkanes) is 19. The first kappa shape index (κ1) is 39.4. The predicted octanol–water partition coefficient (Wildman–Crippen LogP) is 11.0. The Hall–Kier alpha value is -1.67. The number of carbonyl (C=O) groups excluding carboxylic acids is 1. The van der Waals surface area contributed by atoms with E-state index in [0.29, 0.717) is 24.7 Å². The Balaban J connectivity index is 2.07. The Labute approximate surface area is 265 Å². The van der Waals surface area contributed by atoms with Gasteiger partial charge < -0.3 is 20.1 Å². The van der Waals surface area contributed by atoms with Gasteiger partial charge in [-0.15, -0.1) is 5.92 Å². The van der Waals surface area contributed by atoms with Gasteiger partial charge in [0.05, 0.1) is 6.61 Å². The fourth-order valence-corrected chi connectivity index (χ4v) is 6.27. The quantitative estimate of drug-likeness (QED) is 0.0285. The molecule has 5 nitrogen and oxygen atoms in total. The maximum Gasteiger partial charge on any atom is 0.377 e. The second-order valence-corrected chi connectivity index (χ2v) is 13.0. The number of aliphatic hydroxyl groups is 3. The molecule has 1 aliphatic carbocycles. The van der Waals surface area contributed by atoms with Crippen LogP contribution in [-0.4, -0.2) is 34.0 Å². The summed E-state index contributed by atoms with van der Waals surface area (Å²) in [4.78, 5) is 12.1. The van der Waals surface area contributed by atoms with Gasteiger partial charge >= 0.3 is 5.97 Å². The van der Waals surface area contributed by atoms with Gasteiger partial charge in [-0.05, 0) is 44.4 Å². The van der Waals surface area contributed by atoms with Crippen molar-refractivity contribution in [3.05, 3.63) is 11.5 Å². The fourth-order valence-electron chi connectivity index (χ4n) is 6.27. The van der Waals surface area contributed by atoms with Gasteiger partial charge in [0, 0.05) is 12.3 Å². The highest BCUT2D eigenvalue weighted by Crippen LogP contribution is 2.35. The Kier molecular flexibility index (Phi) is 25.5. The lowest BCUT2D eigenvalue weighted by atomic mass is 9.90. The summed E-state index contributed by atoms with van der Waals surface area (Å²) in [6, 6.07) is 0. The molecule has 1 aliphatic rings. The van der Waals surface area contributed by atoms with E-state index < -0.39 is 23.6 Å². The molecule has 3 N–H and O–H groups in total. The number of aliphatic hydroxyl groups excluding tert-OH is 3. The molecule has 0 unspecified atom stereocenters. The van der Waals surface area contributed by atoms with Gasteiger partial charge in [-0.1, -0.05) is 148 Å². The van der Waals surface area contributed by atoms with Crippen molar-refractivity contribution in [1.82, 2.24) is 0 Å². The Morgan fingerprint density at radius 3 is 1.79 bits per heavy atom. The van der Waals surface area contributed by atoms with Crippen molar-refractivity contribution in [2.24, 2.45) is 11.8 Å². The number of hydrogen-bond acceptors (Lipinski definition) is 5. The summed E-state index contributed by atoms with van der Waals surface area (Å²) in [5, 5.41) is 30.6. The molecule has 43 heavy (non-hydrogen) atoms. The van der Waals surface area contributed by atoms with Gasteiger partial charge in [0.15, 0.2) is 5.76 Å². The molecular weight excluding hydrogens is 536 g/mol. The van der Waals surface area contributed by atoms with Crippen molar-refractivity contribution < 1.29 is 24.9 Å². The smallest absolute Gasteiger partial charge is 0.377 e. The van der Waals surface area contributed by atoms with Gasteiger partial charge in [-0.25, -0.2) is 4.79 Å². The molecule has 0 heterocycles. The number of rotatable bonds is 27. The third-order valence-corrected chi connectivity index (χ3v) is 9.14. The molecule has 3 atom stereocenters. The summed E-state index contributed by atoms with van der Waals surface area (Å²) in [6.45, 7) is 4.70. The van der Waals surface area contributed by atoms with E-state index in [9.17, 15) is 20.1 Å². The molecular formula is C38H68O5. The minimum Gasteiger partial charge on any atom is -0.506 e. The van der Waals surface area contributed by atoms with Crippen molar-refractivity contribution in [2.45, 2.75) is 193 Å². The Morgan fingerprint density at radius 1 is 0.721 bits per heavy atom. The monoisotopic (exact) mass is 605 g/mol. The summed E-state index contributed by atoms with van der Waals surface area (Å²) >= 11 is 0. The lowest BCUT2D eigenvalue weighted by Gasteiger charge is -2.16. The van der Waals surface area contributed by atoms with Gasteiger partial charge in [0.2, 0.25) is 5.76 Å². The van der Waals surface area contributed by atoms with Crippen LogP contribution < -0.4 is 0 Å². The van der Waals surface area contributed by atoms with Gasteiger partial charge in [0.1, 0.15) is 6.10 Å². The highest BCUT2D eigenvalue weighted by Gasteiger charge is 2.26. The van der Waals surface area contributed by atoms with Crippen molar-refractivity contribution in [3.8, 4) is 11.8 Å². The standard InChI is InChI=1S/C38H68O5/c1-3-5-7-9-11-12-13-14-15-16-17-18-19-20-22-24-32-43-38(42)37(41)36(40)35(39)31-26-30-34-29-25-28-33(34)27-23-21-10-8-6-4-2/h33-35,39-41H,3-22,24-26,28-32H2,1-2H3/t33-,34+,35-/m0/s1. The first-order chi connectivity index (χ1) is 21.0. The van der Waals surface area contributed by atoms with E-state index in [-0.39, 0.29) is 6.61 Å². The molecule has 5 heteroatoms. The maximum absolute atomic E-state index is 12.1. The third-order valence-electron chi connectivity index (χ3n) is 9.14. The van der Waals surface area contributed by atoms with Crippen molar-refractivity contribution in [1.29, 1.82) is 0 Å². The molecule has 0 saturated heterocycles. The molecule has 1 saturated carbocycles. The highest BCUT2D eigenvalue weighted by atomic mass is 16.5. The fraction of sp³-hybridized carbons (Fsp3) is 0.868. The zero-order valence-electron chi connectivity index (χ0n) is 28.2. The number of carbonyl (C=O) groups is 1. The van der Waals surface area contributed by atoms with E-state index in [1.807, 2.05) is 0 Å². The van der Waals surface area contributed by atoms with Crippen LogP contribution in [0, 0.1) is 23.7 Å². The van der Waals surface area contributed by atoms with Crippen LogP contribution in [0.25, 0.3) is 0 Å². The van der Waals surface area contributed by atoms with Gasteiger partial charge in [-0.3, -0.25) is 0 Å². The lowest BCUT2D eigenvalue weighted by Crippen LogP contribution is -2.19. The largest absolute Gasteiger partial charge is 0.506 e. The molecule has 0 bridgehead atoms. The van der Waals surface area contributed by atoms with Crippen LogP contribution >= 0.6 is 0 Å². The summed E-state index contributed by atoms with van der Waals surface area (Å²) < 4.78 is 5.13. The molecule has 250 valence electrons. The van der Waals surface area contributed by atoms with Crippen LogP contribution in [-0.2, 0) is 9.53 Å². The summed E-state index contributed by atoms with van der Waals surface area (Å²) in [5.74, 6) is 5.33. The number of esters is 1. The average Bonchev–Trinajstić information content (AvgIpc) is 3.46. The summed E-state index contributed by atoms with van der Waals surface area (Å²) in [5.41, 5.74) is 0. The van der Waals surface area contributed by atoms with Crippen LogP contribution in [0.4, 0.5) is 0 Å². The van der Waals surface area contributed by atoms with E-state index in [4.69, 9.17) is 4.74 Å². The van der Waals surface area contributed by atoms with Gasteiger partial charge in [0.25, 0.3) is 0 Å². The molecule has 0 radical (unpaired) electrons. The minimum absolute atomic E-state index is 0.216. The Morgan fingerprint density at radius 2 is 1.23 bits per heavy atom. The molecule has 0 amide bonds. The SMILES string of the molecule is CCCCCCC#C[C@H]1CCC[C@@H]1CCC[C@H](O)C(O)=C(O)C(=O)OCCCCCCCCCCCCCCCCCC. The molecule has 0 aromatic heterocycles. The number of ether oxygens (including phenoxy) is 1. The predicted molar refractivity (Wildman–Crippen MR) is 180 cm³/mol. The van der Waals surface area contributed by atoms with Crippen LogP contribution in [0.15, 0.2) is 11.5 Å². The molecule has 0 aromatic carbocycles. The highest BCUT2D eigenvalue weighted by molar-refractivity contribution is 5.86. The topological polar surface area (TPSA) is 87.0 Å². The molecule has 1 fully saturated rings. The lowest BCUT2D eigenvalue weighted by molar-refractivity contribution is -0.142. The van der Waals surface area contributed by atoms with E-state index in [2.05, 4.69) is 25.7 Å². The van der Waals surface area contributed by atoms with Crippen molar-refractivity contribution >= 4 is 5.97 Å². The van der Waals surface area contributed by atoms with E-state index >= 15 is 0 Å². The van der Waals surface area contributed by atoms with Crippen LogP contribution in [0.5, 0.6) is 0 Å². The molecule has 0 aromatic rings. The number of hydrogen-bond donors (Lipinski definition) is 3. The Bertz CT molecular complexity index is 764. The summed E-state index contributed by atoms with van der Waals surface area (Å²) in [6.07, 6.45) is 30.6. The van der Waals surface area contributed by atoms with Crippen LogP contribution in [0.2, 0.25) is 0 Å². The first-order valence-electron chi connectivity index (χ1n) is 18.5. The van der Waals surface area contributed by atoms with Crippen LogP contribution in [0.3, 0.4) is 0 Å². The second-order valence-electron chi connectivity index (χ2n) is 13.0. The third kappa shape index (κ3) is 20.8. The maximum atomic E-state index is 12.1. The molecule has 1 rings (SSSR count). The summed E-state index contributed by atoms with van der Waals surface area (Å²) in [7, 11) is 0. The van der Waals surface area contributed by atoms with E-state index in [0.717, 1.165) is 44.9 Å². The van der Waals surface area contributed by atoms with E-state index in [1.54, 1.807) is 0 Å². The second kappa shape index (κ2) is 27.8. The first-order valence-corrected chi connectivity index (χ1v) is 18.5. The minimum atomic E-state index is -1.26.